The smallest absolute Gasteiger partial charge is 0.262 e. The number of hydrogen-bond donors (Lipinski definition) is 0. The summed E-state index contributed by atoms with van der Waals surface area (Å²) in [5.41, 5.74) is 0. The quantitative estimate of drug-likeness (QED) is 0.177. The molecule has 2 rings (SSSR count). The molecule has 0 aromatic heterocycles. The highest BCUT2D eigenvalue weighted by molar-refractivity contribution is 7.81. The van der Waals surface area contributed by atoms with E-state index >= 15 is 0 Å². The van der Waals surface area contributed by atoms with Crippen LogP contribution >= 0.6 is 0 Å². The molecule has 6 heteroatoms. The summed E-state index contributed by atoms with van der Waals surface area (Å²) in [4.78, 5) is 0. The molecule has 0 fully saturated rings. The molecular formula is C26H43NO4S. The maximum Gasteiger partial charge on any atom is 0.262 e. The van der Waals surface area contributed by atoms with Gasteiger partial charge in [0, 0.05) is 0 Å². The van der Waals surface area contributed by atoms with Gasteiger partial charge in [0.1, 0.15) is 5.75 Å². The van der Waals surface area contributed by atoms with Gasteiger partial charge in [0.2, 0.25) is 0 Å². The Kier molecular flexibility index (Phi) is 13.5. The van der Waals surface area contributed by atoms with Gasteiger partial charge in [0.15, 0.2) is 0 Å². The van der Waals surface area contributed by atoms with E-state index in [0.717, 1.165) is 10.8 Å². The summed E-state index contributed by atoms with van der Waals surface area (Å²) in [6.07, 6.45) is 11.1. The third kappa shape index (κ3) is 11.3. The van der Waals surface area contributed by atoms with E-state index in [0.29, 0.717) is 0 Å². The molecule has 32 heavy (non-hydrogen) atoms. The maximum atomic E-state index is 10.4. The van der Waals surface area contributed by atoms with E-state index in [1.807, 2.05) is 18.2 Å². The van der Waals surface area contributed by atoms with Crippen molar-refractivity contribution >= 4 is 21.2 Å². The molecule has 0 amide bonds. The van der Waals surface area contributed by atoms with E-state index in [2.05, 4.69) is 31.9 Å². The van der Waals surface area contributed by atoms with Crippen molar-refractivity contribution in [2.45, 2.75) is 79.1 Å². The molecule has 2 aromatic rings. The van der Waals surface area contributed by atoms with Gasteiger partial charge < -0.3 is 13.2 Å². The van der Waals surface area contributed by atoms with E-state index in [1.54, 1.807) is 12.1 Å². The second kappa shape index (κ2) is 15.3. The highest BCUT2D eigenvalue weighted by atomic mass is 32.3. The Morgan fingerprint density at radius 3 is 1.56 bits per heavy atom. The second-order valence-corrected chi connectivity index (χ2v) is 9.63. The van der Waals surface area contributed by atoms with Crippen LogP contribution < -0.4 is 4.18 Å². The minimum Gasteiger partial charge on any atom is -0.716 e. The Morgan fingerprint density at radius 2 is 1.16 bits per heavy atom. The molecule has 0 spiro atoms. The first-order valence-electron chi connectivity index (χ1n) is 12.3. The van der Waals surface area contributed by atoms with Gasteiger partial charge in [-0.3, -0.25) is 0 Å². The summed E-state index contributed by atoms with van der Waals surface area (Å²) < 4.78 is 36.7. The Morgan fingerprint density at radius 1 is 0.719 bits per heavy atom. The number of quaternary nitrogens is 1. The minimum atomic E-state index is -4.70. The van der Waals surface area contributed by atoms with Gasteiger partial charge in [0.05, 0.1) is 26.2 Å². The van der Waals surface area contributed by atoms with Crippen LogP contribution in [0.3, 0.4) is 0 Å². The summed E-state index contributed by atoms with van der Waals surface area (Å²) >= 11 is 0. The summed E-state index contributed by atoms with van der Waals surface area (Å²) in [6.45, 7) is 15.0. The van der Waals surface area contributed by atoms with E-state index in [-0.39, 0.29) is 5.75 Å². The highest BCUT2D eigenvalue weighted by Crippen LogP contribution is 2.21. The topological polar surface area (TPSA) is 66.4 Å². The molecule has 0 heterocycles. The van der Waals surface area contributed by atoms with Crippen molar-refractivity contribution in [1.29, 1.82) is 0 Å². The van der Waals surface area contributed by atoms with Crippen LogP contribution in [-0.2, 0) is 10.4 Å². The third-order valence-electron chi connectivity index (χ3n) is 5.86. The van der Waals surface area contributed by atoms with E-state index in [9.17, 15) is 13.0 Å². The summed E-state index contributed by atoms with van der Waals surface area (Å²) in [6, 6.07) is 12.0. The Hall–Kier alpha value is -1.63. The molecule has 0 unspecified atom stereocenters. The van der Waals surface area contributed by atoms with Gasteiger partial charge in [-0.1, -0.05) is 83.7 Å². The molecule has 5 nitrogen and oxygen atoms in total. The van der Waals surface area contributed by atoms with Crippen molar-refractivity contribution < 1.29 is 21.6 Å². The molecule has 0 radical (unpaired) electrons. The molecule has 0 aliphatic carbocycles. The average molecular weight is 466 g/mol. The first-order chi connectivity index (χ1) is 15.3. The molecule has 0 atom stereocenters. The predicted octanol–water partition coefficient (Wildman–Crippen LogP) is 6.68. The van der Waals surface area contributed by atoms with E-state index in [1.165, 1.54) is 94.2 Å². The molecule has 0 bridgehead atoms. The lowest BCUT2D eigenvalue weighted by atomic mass is 10.1. The summed E-state index contributed by atoms with van der Waals surface area (Å²) in [7, 11) is -4.70. The Labute approximate surface area is 196 Å². The van der Waals surface area contributed by atoms with Crippen molar-refractivity contribution in [3.8, 4) is 5.75 Å². The molecule has 0 aliphatic heterocycles. The van der Waals surface area contributed by atoms with Crippen LogP contribution in [0.5, 0.6) is 5.75 Å². The lowest BCUT2D eigenvalue weighted by molar-refractivity contribution is -0.929. The molecule has 182 valence electrons. The standard InChI is InChI=1S/C16H36N.C10H8O4S/c1-5-9-13-17(14-10-6-2,15-11-7-3)16-12-8-4;11-15(12,13)14-10-6-5-8-3-1-2-4-9(8)7-10/h5-16H2,1-4H3;1-7H,(H,11,12,13)/q+1;/p-1. The fraction of sp³-hybridized carbons (Fsp3) is 0.615. The first-order valence-corrected chi connectivity index (χ1v) is 13.6. The normalized spacial score (nSPS) is 11.8. The van der Waals surface area contributed by atoms with Gasteiger partial charge in [-0.2, -0.15) is 0 Å². The molecule has 0 saturated carbocycles. The fourth-order valence-corrected chi connectivity index (χ4v) is 4.32. The van der Waals surface area contributed by atoms with Crippen molar-refractivity contribution in [3.63, 3.8) is 0 Å². The van der Waals surface area contributed by atoms with Crippen LogP contribution in [0.4, 0.5) is 0 Å². The van der Waals surface area contributed by atoms with Crippen LogP contribution in [0, 0.1) is 0 Å². The van der Waals surface area contributed by atoms with Gasteiger partial charge in [-0.05, 0) is 48.6 Å². The number of nitrogens with zero attached hydrogens (tertiary/aromatic N) is 1. The number of unbranched alkanes of at least 4 members (excludes halogenated alkanes) is 4. The number of fused-ring (bicyclic) bond motifs is 1. The summed E-state index contributed by atoms with van der Waals surface area (Å²) in [5, 5.41) is 1.77. The zero-order chi connectivity index (χ0) is 23.9. The van der Waals surface area contributed by atoms with Gasteiger partial charge in [-0.25, -0.2) is 8.42 Å². The van der Waals surface area contributed by atoms with Gasteiger partial charge >= 0.3 is 0 Å². The molecule has 2 aromatic carbocycles. The first kappa shape index (κ1) is 28.4. The minimum absolute atomic E-state index is 0.0312. The van der Waals surface area contributed by atoms with Crippen molar-refractivity contribution in [2.75, 3.05) is 26.2 Å². The number of rotatable bonds is 14. The van der Waals surface area contributed by atoms with E-state index in [4.69, 9.17) is 0 Å². The van der Waals surface area contributed by atoms with Crippen LogP contribution in [0.25, 0.3) is 10.8 Å². The van der Waals surface area contributed by atoms with Crippen LogP contribution in [0.2, 0.25) is 0 Å². The highest BCUT2D eigenvalue weighted by Gasteiger charge is 2.24. The molecular weight excluding hydrogens is 422 g/mol. The lowest BCUT2D eigenvalue weighted by Crippen LogP contribution is -2.50. The lowest BCUT2D eigenvalue weighted by Gasteiger charge is -2.39. The number of benzene rings is 2. The Balaban J connectivity index is 0.000000321. The van der Waals surface area contributed by atoms with Crippen LogP contribution in [0.1, 0.15) is 79.1 Å². The van der Waals surface area contributed by atoms with Crippen molar-refractivity contribution in [2.24, 2.45) is 0 Å². The second-order valence-electron chi connectivity index (χ2n) is 8.65. The number of hydrogen-bond acceptors (Lipinski definition) is 4. The molecule has 0 N–H and O–H groups in total. The van der Waals surface area contributed by atoms with Crippen LogP contribution in [-0.4, -0.2) is 43.6 Å². The largest absolute Gasteiger partial charge is 0.716 e. The van der Waals surface area contributed by atoms with Crippen molar-refractivity contribution in [3.05, 3.63) is 42.5 Å². The zero-order valence-corrected chi connectivity index (χ0v) is 21.3. The molecule has 0 aliphatic rings. The molecule has 0 saturated heterocycles. The van der Waals surface area contributed by atoms with Crippen LogP contribution in [0.15, 0.2) is 42.5 Å². The van der Waals surface area contributed by atoms with Gasteiger partial charge in [-0.15, -0.1) is 0 Å². The maximum absolute atomic E-state index is 10.4. The average Bonchev–Trinajstić information content (AvgIpc) is 2.77. The SMILES string of the molecule is CCCC[N+](CCCC)(CCCC)CCCC.O=S(=O)([O-])Oc1ccc2ccccc2c1. The fourth-order valence-electron chi connectivity index (χ4n) is 3.98. The third-order valence-corrected chi connectivity index (χ3v) is 6.26. The summed E-state index contributed by atoms with van der Waals surface area (Å²) in [5.74, 6) is 0.0312. The Bertz CT molecular complexity index is 830. The van der Waals surface area contributed by atoms with E-state index < -0.39 is 10.4 Å². The zero-order valence-electron chi connectivity index (χ0n) is 20.5. The van der Waals surface area contributed by atoms with Crippen molar-refractivity contribution in [1.82, 2.24) is 0 Å². The van der Waals surface area contributed by atoms with Gasteiger partial charge in [0.25, 0.3) is 10.4 Å². The predicted molar refractivity (Wildman–Crippen MR) is 134 cm³/mol. The monoisotopic (exact) mass is 465 g/mol.